The molecule has 0 saturated carbocycles. The van der Waals surface area contributed by atoms with Crippen LogP contribution >= 0.6 is 0 Å². The molecule has 0 atom stereocenters. The Morgan fingerprint density at radius 3 is 2.58 bits per heavy atom. The van der Waals surface area contributed by atoms with Gasteiger partial charge in [0.2, 0.25) is 15.9 Å². The maximum atomic E-state index is 13.0. The van der Waals surface area contributed by atoms with Crippen LogP contribution in [0.2, 0.25) is 0 Å². The molecular formula is C22H30N4O4S. The first-order valence-corrected chi connectivity index (χ1v) is 12.2. The summed E-state index contributed by atoms with van der Waals surface area (Å²) >= 11 is 0. The lowest BCUT2D eigenvalue weighted by Gasteiger charge is -2.26. The second-order valence-corrected chi connectivity index (χ2v) is 10.5. The molecule has 0 bridgehead atoms. The van der Waals surface area contributed by atoms with Gasteiger partial charge in [0, 0.05) is 37.4 Å². The van der Waals surface area contributed by atoms with E-state index < -0.39 is 10.0 Å². The lowest BCUT2D eigenvalue weighted by molar-refractivity contribution is -0.119. The zero-order valence-electron chi connectivity index (χ0n) is 18.4. The summed E-state index contributed by atoms with van der Waals surface area (Å²) in [6.45, 7) is 6.35. The number of hydrogen-bond acceptors (Lipinski definition) is 6. The third-order valence-electron chi connectivity index (χ3n) is 6.21. The van der Waals surface area contributed by atoms with Crippen molar-refractivity contribution in [1.82, 2.24) is 14.4 Å². The second-order valence-electron chi connectivity index (χ2n) is 8.53. The molecule has 1 aromatic heterocycles. The van der Waals surface area contributed by atoms with Crippen molar-refractivity contribution in [3.05, 3.63) is 40.8 Å². The lowest BCUT2D eigenvalue weighted by Crippen LogP contribution is -2.38. The smallest absolute Gasteiger partial charge is 0.243 e. The summed E-state index contributed by atoms with van der Waals surface area (Å²) < 4.78 is 32.7. The molecule has 0 aliphatic carbocycles. The van der Waals surface area contributed by atoms with E-state index in [1.807, 2.05) is 25.8 Å². The fourth-order valence-electron chi connectivity index (χ4n) is 4.42. The number of aryl methyl sites for hydroxylation is 2. The molecule has 3 heterocycles. The van der Waals surface area contributed by atoms with Crippen LogP contribution in [0.1, 0.15) is 41.8 Å². The van der Waals surface area contributed by atoms with E-state index in [4.69, 9.17) is 4.52 Å². The number of piperidine rings is 1. The number of fused-ring (bicyclic) bond motifs is 1. The van der Waals surface area contributed by atoms with Gasteiger partial charge >= 0.3 is 0 Å². The number of benzene rings is 1. The molecule has 0 unspecified atom stereocenters. The Bertz CT molecular complexity index is 1050. The maximum Gasteiger partial charge on any atom is 0.243 e. The van der Waals surface area contributed by atoms with Crippen molar-refractivity contribution in [3.63, 3.8) is 0 Å². The molecule has 1 saturated heterocycles. The average molecular weight is 447 g/mol. The molecule has 1 fully saturated rings. The van der Waals surface area contributed by atoms with E-state index in [0.717, 1.165) is 47.5 Å². The van der Waals surface area contributed by atoms with Gasteiger partial charge in [-0.1, -0.05) is 11.6 Å². The van der Waals surface area contributed by atoms with Crippen LogP contribution in [-0.4, -0.2) is 61.9 Å². The second kappa shape index (κ2) is 8.72. The molecule has 31 heavy (non-hydrogen) atoms. The minimum Gasteiger partial charge on any atom is -0.361 e. The van der Waals surface area contributed by atoms with Crippen LogP contribution in [0.3, 0.4) is 0 Å². The molecule has 8 nitrogen and oxygen atoms in total. The highest BCUT2D eigenvalue weighted by molar-refractivity contribution is 7.89. The molecule has 1 aromatic carbocycles. The molecule has 1 amide bonds. The summed E-state index contributed by atoms with van der Waals surface area (Å²) in [5.74, 6) is 0.769. The Hall–Kier alpha value is -2.23. The number of nitrogens with zero attached hydrogens (tertiary/aromatic N) is 4. The first-order valence-electron chi connectivity index (χ1n) is 10.8. The molecule has 0 spiro atoms. The van der Waals surface area contributed by atoms with Gasteiger partial charge in [0.1, 0.15) is 5.76 Å². The highest BCUT2D eigenvalue weighted by Crippen LogP contribution is 2.32. The van der Waals surface area contributed by atoms with Crippen molar-refractivity contribution < 1.29 is 17.7 Å². The SMILES string of the molecule is Cc1noc(C)c1CN(C)CC(=O)N1CCc2cc(S(=O)(=O)N3CCCCC3)ccc21. The van der Waals surface area contributed by atoms with Gasteiger partial charge in [-0.3, -0.25) is 9.69 Å². The van der Waals surface area contributed by atoms with Crippen LogP contribution in [0.4, 0.5) is 5.69 Å². The Kier molecular flexibility index (Phi) is 6.18. The average Bonchev–Trinajstić information content (AvgIpc) is 3.32. The molecule has 0 radical (unpaired) electrons. The number of carbonyl (C=O) groups excluding carboxylic acids is 1. The minimum atomic E-state index is -3.47. The van der Waals surface area contributed by atoms with E-state index in [-0.39, 0.29) is 12.5 Å². The summed E-state index contributed by atoms with van der Waals surface area (Å²) in [6.07, 6.45) is 3.57. The van der Waals surface area contributed by atoms with Crippen molar-refractivity contribution in [2.45, 2.75) is 51.0 Å². The number of carbonyl (C=O) groups is 1. The predicted molar refractivity (Wildman–Crippen MR) is 117 cm³/mol. The van der Waals surface area contributed by atoms with Crippen LogP contribution in [0.25, 0.3) is 0 Å². The molecule has 2 aromatic rings. The van der Waals surface area contributed by atoms with Crippen molar-refractivity contribution >= 4 is 21.6 Å². The highest BCUT2D eigenvalue weighted by Gasteiger charge is 2.30. The molecule has 2 aliphatic rings. The van der Waals surface area contributed by atoms with Crippen LogP contribution in [0.15, 0.2) is 27.6 Å². The van der Waals surface area contributed by atoms with Crippen molar-refractivity contribution in [2.24, 2.45) is 0 Å². The Morgan fingerprint density at radius 2 is 1.90 bits per heavy atom. The van der Waals surface area contributed by atoms with Gasteiger partial charge in [-0.15, -0.1) is 0 Å². The first-order chi connectivity index (χ1) is 14.8. The van der Waals surface area contributed by atoms with Gasteiger partial charge in [0.05, 0.1) is 17.1 Å². The standard InChI is InChI=1S/C22H30N4O4S/c1-16-20(17(2)30-23-16)14-24(3)15-22(27)26-12-9-18-13-19(7-8-21(18)26)31(28,29)25-10-5-4-6-11-25/h7-8,13H,4-6,9-12,14-15H2,1-3H3. The Balaban J connectivity index is 1.45. The van der Waals surface area contributed by atoms with Gasteiger partial charge in [-0.25, -0.2) is 8.42 Å². The van der Waals surface area contributed by atoms with Crippen LogP contribution in [-0.2, 0) is 27.8 Å². The third kappa shape index (κ3) is 4.40. The number of amides is 1. The van der Waals surface area contributed by atoms with Crippen molar-refractivity contribution in [1.29, 1.82) is 0 Å². The van der Waals surface area contributed by atoms with Crippen LogP contribution in [0.5, 0.6) is 0 Å². The Labute approximate surface area is 183 Å². The van der Waals surface area contributed by atoms with E-state index >= 15 is 0 Å². The highest BCUT2D eigenvalue weighted by atomic mass is 32.2. The van der Waals surface area contributed by atoms with E-state index in [0.29, 0.717) is 37.5 Å². The number of anilines is 1. The van der Waals surface area contributed by atoms with E-state index in [1.165, 1.54) is 0 Å². The summed E-state index contributed by atoms with van der Waals surface area (Å²) in [5, 5.41) is 3.97. The summed E-state index contributed by atoms with van der Waals surface area (Å²) in [5.41, 5.74) is 3.57. The first kappa shape index (κ1) is 22.0. The summed E-state index contributed by atoms with van der Waals surface area (Å²) in [4.78, 5) is 17.0. The number of likely N-dealkylation sites (N-methyl/N-ethyl adjacent to an activating group) is 1. The Morgan fingerprint density at radius 1 is 1.16 bits per heavy atom. The topological polar surface area (TPSA) is 87.0 Å². The van der Waals surface area contributed by atoms with E-state index in [1.54, 1.807) is 27.4 Å². The summed E-state index contributed by atoms with van der Waals surface area (Å²) in [7, 11) is -1.57. The van der Waals surface area contributed by atoms with Crippen molar-refractivity contribution in [2.75, 3.05) is 38.1 Å². The van der Waals surface area contributed by atoms with Crippen LogP contribution in [0, 0.1) is 13.8 Å². The van der Waals surface area contributed by atoms with Gasteiger partial charge < -0.3 is 9.42 Å². The normalized spacial score (nSPS) is 17.4. The van der Waals surface area contributed by atoms with Gasteiger partial charge in [-0.2, -0.15) is 4.31 Å². The van der Waals surface area contributed by atoms with Gasteiger partial charge in [0.25, 0.3) is 0 Å². The monoisotopic (exact) mass is 446 g/mol. The molecule has 4 rings (SSSR count). The minimum absolute atomic E-state index is 0.000326. The van der Waals surface area contributed by atoms with Crippen LogP contribution < -0.4 is 4.90 Å². The summed E-state index contributed by atoms with van der Waals surface area (Å²) in [6, 6.07) is 5.17. The van der Waals surface area contributed by atoms with Gasteiger partial charge in [-0.05, 0) is 63.9 Å². The van der Waals surface area contributed by atoms with E-state index in [2.05, 4.69) is 5.16 Å². The number of hydrogen-bond donors (Lipinski definition) is 0. The van der Waals surface area contributed by atoms with E-state index in [9.17, 15) is 13.2 Å². The fraction of sp³-hybridized carbons (Fsp3) is 0.545. The predicted octanol–water partition coefficient (Wildman–Crippen LogP) is 2.49. The zero-order valence-corrected chi connectivity index (χ0v) is 19.2. The molecule has 0 N–H and O–H groups in total. The quantitative estimate of drug-likeness (QED) is 0.678. The number of rotatable bonds is 6. The molecule has 9 heteroatoms. The third-order valence-corrected chi connectivity index (χ3v) is 8.11. The largest absolute Gasteiger partial charge is 0.361 e. The molecule has 2 aliphatic heterocycles. The zero-order chi connectivity index (χ0) is 22.2. The van der Waals surface area contributed by atoms with Gasteiger partial charge in [0.15, 0.2) is 0 Å². The van der Waals surface area contributed by atoms with Crippen molar-refractivity contribution in [3.8, 4) is 0 Å². The fourth-order valence-corrected chi connectivity index (χ4v) is 5.99. The maximum absolute atomic E-state index is 13.0. The molecule has 168 valence electrons. The lowest BCUT2D eigenvalue weighted by atomic mass is 10.2. The molecular weight excluding hydrogens is 416 g/mol. The number of aromatic nitrogens is 1. The number of sulfonamides is 1.